The highest BCUT2D eigenvalue weighted by Crippen LogP contribution is 2.43. The van der Waals surface area contributed by atoms with Crippen LogP contribution >= 0.6 is 23.4 Å². The highest BCUT2D eigenvalue weighted by Gasteiger charge is 2.49. The molecule has 5 aliphatic rings. The summed E-state index contributed by atoms with van der Waals surface area (Å²) in [7, 11) is -11.0. The van der Waals surface area contributed by atoms with E-state index in [-0.39, 0.29) is 42.2 Å². The number of anilines is 2. The molecular weight excluding hydrogens is 1210 g/mol. The van der Waals surface area contributed by atoms with Crippen LogP contribution in [-0.4, -0.2) is 155 Å². The summed E-state index contributed by atoms with van der Waals surface area (Å²) < 4.78 is 99.8. The summed E-state index contributed by atoms with van der Waals surface area (Å²) in [5.74, 6) is 4.69. The van der Waals surface area contributed by atoms with E-state index in [1.807, 2.05) is 53.3 Å². The minimum absolute atomic E-state index is 0.0198. The topological polar surface area (TPSA) is 189 Å². The lowest BCUT2D eigenvalue weighted by Crippen LogP contribution is -2.52. The number of sulfone groups is 1. The quantitative estimate of drug-likeness (QED) is 0.0289. The molecule has 1 unspecified atom stereocenters. The number of halogens is 4. The maximum absolute atomic E-state index is 14.5. The van der Waals surface area contributed by atoms with Crippen molar-refractivity contribution >= 4 is 83.8 Å². The van der Waals surface area contributed by atoms with Crippen molar-refractivity contribution in [3.63, 3.8) is 0 Å². The monoisotopic (exact) mass is 1280 g/mol. The lowest BCUT2D eigenvalue weighted by molar-refractivity contribution is -0.136. The number of hydrogen-bond acceptors (Lipinski definition) is 14. The van der Waals surface area contributed by atoms with Gasteiger partial charge in [-0.05, 0) is 152 Å². The third-order valence-corrected chi connectivity index (χ3v) is 21.4. The van der Waals surface area contributed by atoms with E-state index in [9.17, 15) is 49.2 Å². The van der Waals surface area contributed by atoms with Crippen LogP contribution in [0.15, 0.2) is 136 Å². The summed E-state index contributed by atoms with van der Waals surface area (Å²) in [6, 6.07) is 30.4. The zero-order valence-corrected chi connectivity index (χ0v) is 52.4. The Kier molecular flexibility index (Phi) is 20.1. The van der Waals surface area contributed by atoms with Gasteiger partial charge in [-0.15, -0.1) is 11.8 Å². The Morgan fingerprint density at radius 2 is 1.51 bits per heavy atom. The minimum Gasteiger partial charge on any atom is -0.380 e. The van der Waals surface area contributed by atoms with Crippen LogP contribution in [0.25, 0.3) is 5.57 Å². The molecule has 10 rings (SSSR count). The van der Waals surface area contributed by atoms with E-state index in [2.05, 4.69) is 68.1 Å². The van der Waals surface area contributed by atoms with Gasteiger partial charge in [0.05, 0.1) is 10.6 Å². The van der Waals surface area contributed by atoms with Gasteiger partial charge in [0, 0.05) is 129 Å². The summed E-state index contributed by atoms with van der Waals surface area (Å²) in [5.41, 5.74) is 0.912. The number of piperidine rings is 1. The number of piperazine rings is 2. The first kappa shape index (κ1) is 64.3. The Hall–Kier alpha value is -6.71. The number of carbonyl (C=O) groups is 4. The van der Waals surface area contributed by atoms with Crippen molar-refractivity contribution in [3.8, 4) is 11.8 Å². The number of thioether (sulfide) groups is 1. The van der Waals surface area contributed by atoms with E-state index in [0.29, 0.717) is 54.9 Å². The fourth-order valence-corrected chi connectivity index (χ4v) is 15.3. The largest absolute Gasteiger partial charge is 0.501 e. The molecule has 0 radical (unpaired) electrons. The van der Waals surface area contributed by atoms with Gasteiger partial charge < -0.3 is 24.9 Å². The molecule has 1 aliphatic carbocycles. The predicted molar refractivity (Wildman–Crippen MR) is 336 cm³/mol. The second-order valence-electron chi connectivity index (χ2n) is 23.9. The average Bonchev–Trinajstić information content (AvgIpc) is 2.75. The molecule has 4 amide bonds. The Morgan fingerprint density at radius 1 is 0.818 bits per heavy atom. The SMILES string of the molecule is CC1(C)CCC(c2ccc(Cl)cc2)=C(CN2CCN(c3ccc(C(=O)NS(=O)(=O)c4ccc(N[C@H](CCN5CCN(CCCC#Cc6ccc7c(c6)CN(C6CCC(=O)NC6=O)C7=O)CC5)CSc5ccccc5)c(S(=O)(=O)C(F)(F)F)c4)cc3)CC2)C1. The van der Waals surface area contributed by atoms with Crippen molar-refractivity contribution in [1.82, 2.24) is 29.6 Å². The van der Waals surface area contributed by atoms with Gasteiger partial charge in [0.25, 0.3) is 31.7 Å². The van der Waals surface area contributed by atoms with Gasteiger partial charge in [-0.1, -0.05) is 73.2 Å². The normalized spacial score (nSPS) is 19.2. The van der Waals surface area contributed by atoms with E-state index in [1.165, 1.54) is 45.5 Å². The molecule has 0 aromatic heterocycles. The summed E-state index contributed by atoms with van der Waals surface area (Å²) in [4.78, 5) is 60.2. The maximum atomic E-state index is 14.5. The number of nitrogens with one attached hydrogen (secondary N) is 3. The third kappa shape index (κ3) is 15.8. The molecule has 3 N–H and O–H groups in total. The van der Waals surface area contributed by atoms with Gasteiger partial charge >= 0.3 is 5.51 Å². The number of alkyl halides is 3. The molecule has 16 nitrogen and oxygen atoms in total. The number of nitrogens with zero attached hydrogens (tertiary/aromatic N) is 5. The number of benzene rings is 5. The molecule has 4 heterocycles. The summed E-state index contributed by atoms with van der Waals surface area (Å²) in [5, 5.41) is 6.08. The van der Waals surface area contributed by atoms with E-state index in [1.54, 1.807) is 24.3 Å². The van der Waals surface area contributed by atoms with Crippen LogP contribution in [0, 0.1) is 17.3 Å². The van der Waals surface area contributed by atoms with Crippen molar-refractivity contribution in [1.29, 1.82) is 0 Å². The van der Waals surface area contributed by atoms with Crippen LogP contribution in [0.5, 0.6) is 0 Å². The van der Waals surface area contributed by atoms with Crippen molar-refractivity contribution in [2.45, 2.75) is 104 Å². The summed E-state index contributed by atoms with van der Waals surface area (Å²) in [6.45, 7) is 13.1. The average molecular weight is 1280 g/mol. The molecule has 466 valence electrons. The summed E-state index contributed by atoms with van der Waals surface area (Å²) >= 11 is 7.66. The van der Waals surface area contributed by atoms with Gasteiger partial charge in [-0.3, -0.25) is 29.4 Å². The van der Waals surface area contributed by atoms with Crippen molar-refractivity contribution in [3.05, 3.63) is 154 Å². The van der Waals surface area contributed by atoms with E-state index < -0.39 is 64.7 Å². The molecule has 88 heavy (non-hydrogen) atoms. The third-order valence-electron chi connectivity index (χ3n) is 17.1. The number of imide groups is 1. The maximum Gasteiger partial charge on any atom is 0.501 e. The Bertz CT molecular complexity index is 3730. The first-order chi connectivity index (χ1) is 42.0. The second-order valence-corrected chi connectivity index (χ2v) is 29.0. The molecule has 5 aromatic rings. The van der Waals surface area contributed by atoms with Crippen molar-refractivity contribution in [2.75, 3.05) is 88.0 Å². The van der Waals surface area contributed by atoms with Crippen LogP contribution in [0.1, 0.15) is 103 Å². The van der Waals surface area contributed by atoms with Crippen LogP contribution < -0.4 is 20.3 Å². The van der Waals surface area contributed by atoms with Crippen molar-refractivity contribution in [2.24, 2.45) is 5.41 Å². The minimum atomic E-state index is -6.13. The van der Waals surface area contributed by atoms with Crippen LogP contribution in [0.3, 0.4) is 0 Å². The zero-order valence-electron chi connectivity index (χ0n) is 49.2. The van der Waals surface area contributed by atoms with Crippen molar-refractivity contribution < 1.29 is 49.2 Å². The molecule has 23 heteroatoms. The molecule has 2 atom stereocenters. The van der Waals surface area contributed by atoms with Gasteiger partial charge in [0.1, 0.15) is 10.9 Å². The molecule has 3 fully saturated rings. The molecule has 3 saturated heterocycles. The fraction of sp³-hybridized carbons (Fsp3) is 0.415. The number of allylic oxidation sites excluding steroid dienone is 1. The number of hydrogen-bond donors (Lipinski definition) is 3. The number of carbonyl (C=O) groups excluding carboxylic acids is 4. The van der Waals surface area contributed by atoms with Crippen LogP contribution in [-0.2, 0) is 36.0 Å². The number of fused-ring (bicyclic) bond motifs is 1. The molecule has 0 saturated carbocycles. The number of rotatable bonds is 20. The standard InChI is InChI=1S/C65H72ClF3N8O8S3/c1-64(2)28-26-55(46-13-17-50(66)18-14-46)49(41-64)42-75-35-37-76(38-36-75)52-19-15-47(16-20-52)61(79)72-88(84,85)54-21-23-57(59(40-54)87(82,83)65(67,68)69)70-51(44-86-53-10-6-3-7-11-53)27-30-74-33-31-73(32-34-74)29-8-4-5-9-45-12-22-56-48(39-45)43-77(63(56)81)58-24-25-60(78)71-62(58)80/h3,6-7,10-23,39-40,51,58,70H,4,8,24-38,41-44H2,1-2H3,(H,72,79)(H,71,78,80)/t51-,58?/m1/s1. The second kappa shape index (κ2) is 27.6. The lowest BCUT2D eigenvalue weighted by Gasteiger charge is -2.39. The number of amides is 4. The predicted octanol–water partition coefficient (Wildman–Crippen LogP) is 9.71. The Labute approximate surface area is 522 Å². The van der Waals surface area contributed by atoms with Gasteiger partial charge in [0.2, 0.25) is 11.8 Å². The highest BCUT2D eigenvalue weighted by atomic mass is 35.5. The molecule has 0 spiro atoms. The summed E-state index contributed by atoms with van der Waals surface area (Å²) in [6.07, 6.45) is 5.45. The molecule has 0 bridgehead atoms. The number of unbranched alkanes of at least 4 members (excludes halogenated alkanes) is 1. The van der Waals surface area contributed by atoms with E-state index >= 15 is 0 Å². The smallest absolute Gasteiger partial charge is 0.380 e. The van der Waals surface area contributed by atoms with Gasteiger partial charge in [0.15, 0.2) is 0 Å². The first-order valence-corrected chi connectivity index (χ1v) is 34.0. The first-order valence-electron chi connectivity index (χ1n) is 29.7. The highest BCUT2D eigenvalue weighted by molar-refractivity contribution is 7.99. The lowest BCUT2D eigenvalue weighted by atomic mass is 9.73. The van der Waals surface area contributed by atoms with Gasteiger partial charge in [-0.25, -0.2) is 21.6 Å². The Morgan fingerprint density at radius 3 is 2.20 bits per heavy atom. The zero-order chi connectivity index (χ0) is 62.4. The molecule has 5 aromatic carbocycles. The van der Waals surface area contributed by atoms with E-state index in [4.69, 9.17) is 11.6 Å². The molecule has 4 aliphatic heterocycles. The van der Waals surface area contributed by atoms with Crippen LogP contribution in [0.2, 0.25) is 5.02 Å². The van der Waals surface area contributed by atoms with Crippen LogP contribution in [0.4, 0.5) is 24.5 Å². The Balaban J connectivity index is 0.731. The number of sulfonamides is 1. The van der Waals surface area contributed by atoms with Gasteiger partial charge in [-0.2, -0.15) is 13.2 Å². The van der Waals surface area contributed by atoms with E-state index in [0.717, 1.165) is 112 Å². The fourth-order valence-electron chi connectivity index (χ4n) is 12.1. The molecular formula is C65H72ClF3N8O8S3.